The number of rotatable bonds is 6. The second-order valence-electron chi connectivity index (χ2n) is 7.96. The van der Waals surface area contributed by atoms with E-state index in [9.17, 15) is 14.0 Å². The molecule has 9 nitrogen and oxygen atoms in total. The van der Waals surface area contributed by atoms with E-state index in [1.807, 2.05) is 13.8 Å². The van der Waals surface area contributed by atoms with Crippen LogP contribution in [0.4, 0.5) is 16.2 Å². The molecule has 10 heteroatoms. The highest BCUT2D eigenvalue weighted by atomic mass is 19.1. The first-order chi connectivity index (χ1) is 16.2. The van der Waals surface area contributed by atoms with Crippen molar-refractivity contribution in [1.29, 1.82) is 0 Å². The summed E-state index contributed by atoms with van der Waals surface area (Å²) in [5, 5.41) is 6.19. The second kappa shape index (κ2) is 9.26. The van der Waals surface area contributed by atoms with Gasteiger partial charge in [0.25, 0.3) is 5.56 Å². The quantitative estimate of drug-likeness (QED) is 0.444. The third-order valence-electron chi connectivity index (χ3n) is 4.90. The molecule has 0 aliphatic rings. The molecule has 4 rings (SSSR count). The van der Waals surface area contributed by atoms with E-state index in [1.54, 1.807) is 37.4 Å². The monoisotopic (exact) mass is 462 g/mol. The summed E-state index contributed by atoms with van der Waals surface area (Å²) in [6.07, 6.45) is 2.85. The number of carbonyl (C=O) groups is 1. The fourth-order valence-electron chi connectivity index (χ4n) is 3.32. The van der Waals surface area contributed by atoms with Crippen LogP contribution in [0.3, 0.4) is 0 Å². The van der Waals surface area contributed by atoms with Crippen LogP contribution < -0.4 is 20.9 Å². The Hall–Kier alpha value is -4.34. The van der Waals surface area contributed by atoms with Crippen molar-refractivity contribution < 1.29 is 13.9 Å². The Kier molecular flexibility index (Phi) is 6.22. The zero-order valence-corrected chi connectivity index (χ0v) is 19.1. The lowest BCUT2D eigenvalue weighted by Gasteiger charge is -2.13. The first-order valence-corrected chi connectivity index (χ1v) is 10.6. The van der Waals surface area contributed by atoms with Crippen LogP contribution in [0, 0.1) is 5.82 Å². The van der Waals surface area contributed by atoms with Crippen LogP contribution in [0.25, 0.3) is 22.2 Å². The number of nitrogens with one attached hydrogen (secondary N) is 2. The largest absolute Gasteiger partial charge is 0.454 e. The van der Waals surface area contributed by atoms with Gasteiger partial charge in [-0.15, -0.1) is 0 Å². The van der Waals surface area contributed by atoms with Crippen LogP contribution in [-0.2, 0) is 11.8 Å². The molecule has 0 aliphatic heterocycles. The summed E-state index contributed by atoms with van der Waals surface area (Å²) in [6, 6.07) is 10.1. The van der Waals surface area contributed by atoms with Crippen LogP contribution in [0.5, 0.6) is 11.5 Å². The van der Waals surface area contributed by atoms with Gasteiger partial charge in [0.1, 0.15) is 5.75 Å². The molecule has 0 spiro atoms. The second-order valence-corrected chi connectivity index (χ2v) is 7.96. The third-order valence-corrected chi connectivity index (χ3v) is 4.90. The summed E-state index contributed by atoms with van der Waals surface area (Å²) in [5.41, 5.74) is 1.28. The van der Waals surface area contributed by atoms with Crippen LogP contribution in [-0.4, -0.2) is 31.5 Å². The standard InChI is InChI=1S/C24H23FN6O3/c1-13(2)28-24-27-12-17(23(33)31(24)4)19-7-5-15-11-16(6-8-18(15)30-19)34-20-9-10-26-22(21(20)25)29-14(3)32/h5-13H,1-4H3,(H,27,28)(H,26,29,32). The molecule has 0 radical (unpaired) electrons. The number of pyridine rings is 2. The number of halogens is 1. The average molecular weight is 462 g/mol. The summed E-state index contributed by atoms with van der Waals surface area (Å²) in [4.78, 5) is 36.8. The Labute approximate surface area is 194 Å². The van der Waals surface area contributed by atoms with Crippen LogP contribution in [0.15, 0.2) is 53.6 Å². The van der Waals surface area contributed by atoms with Crippen LogP contribution in [0.1, 0.15) is 20.8 Å². The number of fused-ring (bicyclic) bond motifs is 1. The number of amides is 1. The molecular formula is C24H23FN6O3. The SMILES string of the molecule is CC(=O)Nc1nccc(Oc2ccc3nc(-c4cnc(NC(C)C)n(C)c4=O)ccc3c2)c1F. The number of aromatic nitrogens is 4. The molecule has 0 unspecified atom stereocenters. The van der Waals surface area contributed by atoms with Gasteiger partial charge in [-0.3, -0.25) is 14.2 Å². The summed E-state index contributed by atoms with van der Waals surface area (Å²) in [5.74, 6) is -0.634. The molecule has 34 heavy (non-hydrogen) atoms. The lowest BCUT2D eigenvalue weighted by Crippen LogP contribution is -2.25. The molecule has 0 saturated heterocycles. The Morgan fingerprint density at radius 1 is 1.15 bits per heavy atom. The van der Waals surface area contributed by atoms with Gasteiger partial charge in [0.15, 0.2) is 11.6 Å². The molecule has 2 N–H and O–H groups in total. The molecule has 0 fully saturated rings. The number of carbonyl (C=O) groups excluding carboxylic acids is 1. The van der Waals surface area contributed by atoms with E-state index in [-0.39, 0.29) is 23.2 Å². The molecule has 1 aromatic carbocycles. The molecule has 0 aliphatic carbocycles. The van der Waals surface area contributed by atoms with E-state index in [0.717, 1.165) is 5.39 Å². The first-order valence-electron chi connectivity index (χ1n) is 10.6. The number of ether oxygens (including phenoxy) is 1. The molecular weight excluding hydrogens is 439 g/mol. The van der Waals surface area contributed by atoms with Crippen molar-refractivity contribution in [2.45, 2.75) is 26.8 Å². The zero-order valence-electron chi connectivity index (χ0n) is 19.1. The number of hydrogen-bond acceptors (Lipinski definition) is 7. The van der Waals surface area contributed by atoms with E-state index >= 15 is 0 Å². The van der Waals surface area contributed by atoms with E-state index < -0.39 is 11.7 Å². The molecule has 0 bridgehead atoms. The summed E-state index contributed by atoms with van der Waals surface area (Å²) >= 11 is 0. The van der Waals surface area contributed by atoms with Gasteiger partial charge in [-0.2, -0.15) is 4.39 Å². The van der Waals surface area contributed by atoms with Gasteiger partial charge in [-0.25, -0.2) is 15.0 Å². The number of anilines is 2. The topological polar surface area (TPSA) is 111 Å². The average Bonchev–Trinajstić information content (AvgIpc) is 2.79. The number of hydrogen-bond donors (Lipinski definition) is 2. The van der Waals surface area contributed by atoms with E-state index in [0.29, 0.717) is 28.5 Å². The Bertz CT molecular complexity index is 1450. The third kappa shape index (κ3) is 4.70. The normalized spacial score (nSPS) is 11.0. The lowest BCUT2D eigenvalue weighted by atomic mass is 10.1. The Morgan fingerprint density at radius 2 is 1.94 bits per heavy atom. The minimum atomic E-state index is -0.773. The Morgan fingerprint density at radius 3 is 2.68 bits per heavy atom. The van der Waals surface area contributed by atoms with Gasteiger partial charge in [-0.1, -0.05) is 6.07 Å². The smallest absolute Gasteiger partial charge is 0.264 e. The molecule has 0 saturated carbocycles. The Balaban J connectivity index is 1.63. The summed E-state index contributed by atoms with van der Waals surface area (Å²) in [6.45, 7) is 5.20. The van der Waals surface area contributed by atoms with Crippen molar-refractivity contribution in [1.82, 2.24) is 19.5 Å². The van der Waals surface area contributed by atoms with Crippen molar-refractivity contribution in [3.8, 4) is 22.8 Å². The molecule has 174 valence electrons. The van der Waals surface area contributed by atoms with E-state index in [2.05, 4.69) is 25.6 Å². The number of benzene rings is 1. The maximum Gasteiger partial charge on any atom is 0.264 e. The highest BCUT2D eigenvalue weighted by molar-refractivity contribution is 5.88. The summed E-state index contributed by atoms with van der Waals surface area (Å²) < 4.78 is 21.7. The van der Waals surface area contributed by atoms with Gasteiger partial charge in [0.2, 0.25) is 17.7 Å². The van der Waals surface area contributed by atoms with Gasteiger partial charge >= 0.3 is 0 Å². The molecule has 4 aromatic rings. The fraction of sp³-hybridized carbons (Fsp3) is 0.208. The predicted octanol–water partition coefficient (Wildman–Crippen LogP) is 4.10. The number of nitrogens with zero attached hydrogens (tertiary/aromatic N) is 4. The maximum absolute atomic E-state index is 14.6. The lowest BCUT2D eigenvalue weighted by molar-refractivity contribution is -0.114. The first kappa shape index (κ1) is 22.8. The fourth-order valence-corrected chi connectivity index (χ4v) is 3.32. The van der Waals surface area contributed by atoms with Crippen molar-refractivity contribution in [3.05, 3.63) is 65.0 Å². The van der Waals surface area contributed by atoms with Crippen molar-refractivity contribution in [3.63, 3.8) is 0 Å². The van der Waals surface area contributed by atoms with Gasteiger partial charge in [-0.05, 0) is 38.1 Å². The van der Waals surface area contributed by atoms with Crippen molar-refractivity contribution in [2.24, 2.45) is 7.05 Å². The van der Waals surface area contributed by atoms with Gasteiger partial charge < -0.3 is 15.4 Å². The molecule has 3 heterocycles. The predicted molar refractivity (Wildman–Crippen MR) is 128 cm³/mol. The van der Waals surface area contributed by atoms with Gasteiger partial charge in [0, 0.05) is 43.9 Å². The van der Waals surface area contributed by atoms with E-state index in [4.69, 9.17) is 4.74 Å². The molecule has 0 atom stereocenters. The highest BCUT2D eigenvalue weighted by Gasteiger charge is 2.14. The minimum Gasteiger partial charge on any atom is -0.454 e. The van der Waals surface area contributed by atoms with Crippen molar-refractivity contribution >= 4 is 28.6 Å². The van der Waals surface area contributed by atoms with E-state index in [1.165, 1.54) is 30.0 Å². The molecule has 1 amide bonds. The van der Waals surface area contributed by atoms with Crippen molar-refractivity contribution in [2.75, 3.05) is 10.6 Å². The molecule has 3 aromatic heterocycles. The van der Waals surface area contributed by atoms with Crippen LogP contribution >= 0.6 is 0 Å². The van der Waals surface area contributed by atoms with Crippen LogP contribution in [0.2, 0.25) is 0 Å². The maximum atomic E-state index is 14.6. The minimum absolute atomic E-state index is 0.0765. The summed E-state index contributed by atoms with van der Waals surface area (Å²) in [7, 11) is 1.66. The van der Waals surface area contributed by atoms with Gasteiger partial charge in [0.05, 0.1) is 16.8 Å². The zero-order chi connectivity index (χ0) is 24.4. The highest BCUT2D eigenvalue weighted by Crippen LogP contribution is 2.30.